The molecule has 108 valence electrons. The van der Waals surface area contributed by atoms with Crippen molar-refractivity contribution in [3.63, 3.8) is 0 Å². The summed E-state index contributed by atoms with van der Waals surface area (Å²) in [7, 11) is 1.61. The Morgan fingerprint density at radius 1 is 1.30 bits per heavy atom. The van der Waals surface area contributed by atoms with Crippen LogP contribution in [0.15, 0.2) is 22.7 Å². The molecule has 0 aliphatic carbocycles. The first-order valence-electron chi connectivity index (χ1n) is 6.14. The van der Waals surface area contributed by atoms with E-state index in [1.165, 1.54) is 0 Å². The van der Waals surface area contributed by atoms with E-state index >= 15 is 0 Å². The first-order valence-corrected chi connectivity index (χ1v) is 6.14. The van der Waals surface area contributed by atoms with Crippen molar-refractivity contribution in [2.45, 2.75) is 18.9 Å². The van der Waals surface area contributed by atoms with E-state index in [1.807, 2.05) is 0 Å². The SMILES string of the molecule is COCCCC(N)c1nc(-c2cc(F)cc(F)c2)no1. The van der Waals surface area contributed by atoms with Gasteiger partial charge >= 0.3 is 0 Å². The zero-order valence-corrected chi connectivity index (χ0v) is 11.0. The van der Waals surface area contributed by atoms with Crippen LogP contribution in [0.2, 0.25) is 0 Å². The average molecular weight is 283 g/mol. The van der Waals surface area contributed by atoms with Gasteiger partial charge in [-0.3, -0.25) is 0 Å². The number of benzene rings is 1. The molecule has 0 amide bonds. The van der Waals surface area contributed by atoms with E-state index in [9.17, 15) is 8.78 Å². The summed E-state index contributed by atoms with van der Waals surface area (Å²) in [4.78, 5) is 4.06. The Kier molecular flexibility index (Phi) is 4.75. The van der Waals surface area contributed by atoms with Crippen LogP contribution in [0.25, 0.3) is 11.4 Å². The number of nitrogens with zero attached hydrogens (tertiary/aromatic N) is 2. The number of hydrogen-bond acceptors (Lipinski definition) is 5. The van der Waals surface area contributed by atoms with Gasteiger partial charge in [0.05, 0.1) is 6.04 Å². The van der Waals surface area contributed by atoms with Crippen molar-refractivity contribution in [3.8, 4) is 11.4 Å². The number of methoxy groups -OCH3 is 1. The molecule has 0 bridgehead atoms. The lowest BCUT2D eigenvalue weighted by Crippen LogP contribution is -2.11. The Labute approximate surface area is 114 Å². The molecular formula is C13H15F2N3O2. The monoisotopic (exact) mass is 283 g/mol. The van der Waals surface area contributed by atoms with Crippen LogP contribution in [0, 0.1) is 11.6 Å². The molecular weight excluding hydrogens is 268 g/mol. The van der Waals surface area contributed by atoms with Gasteiger partial charge in [0.15, 0.2) is 0 Å². The van der Waals surface area contributed by atoms with E-state index in [0.717, 1.165) is 24.6 Å². The van der Waals surface area contributed by atoms with Crippen LogP contribution < -0.4 is 5.73 Å². The summed E-state index contributed by atoms with van der Waals surface area (Å²) >= 11 is 0. The predicted molar refractivity (Wildman–Crippen MR) is 67.7 cm³/mol. The third-order valence-electron chi connectivity index (χ3n) is 2.74. The van der Waals surface area contributed by atoms with Crippen LogP contribution in [0.5, 0.6) is 0 Å². The number of rotatable bonds is 6. The summed E-state index contributed by atoms with van der Waals surface area (Å²) in [6.07, 6.45) is 1.37. The minimum absolute atomic E-state index is 0.112. The number of ether oxygens (including phenoxy) is 1. The third kappa shape index (κ3) is 3.58. The molecule has 1 unspecified atom stereocenters. The number of aromatic nitrogens is 2. The van der Waals surface area contributed by atoms with Gasteiger partial charge in [0.1, 0.15) is 11.6 Å². The minimum Gasteiger partial charge on any atom is -0.385 e. The molecule has 0 fully saturated rings. The highest BCUT2D eigenvalue weighted by Crippen LogP contribution is 2.21. The van der Waals surface area contributed by atoms with Crippen molar-refractivity contribution in [2.75, 3.05) is 13.7 Å². The molecule has 2 N–H and O–H groups in total. The Morgan fingerprint density at radius 2 is 2.00 bits per heavy atom. The summed E-state index contributed by atoms with van der Waals surface area (Å²) in [5.41, 5.74) is 6.10. The smallest absolute Gasteiger partial charge is 0.243 e. The molecule has 7 heteroatoms. The Bertz CT molecular complexity index is 554. The molecule has 1 aromatic heterocycles. The van der Waals surface area contributed by atoms with Gasteiger partial charge in [-0.1, -0.05) is 5.16 Å². The van der Waals surface area contributed by atoms with E-state index in [4.69, 9.17) is 15.0 Å². The van der Waals surface area contributed by atoms with E-state index in [-0.39, 0.29) is 17.3 Å². The fraction of sp³-hybridized carbons (Fsp3) is 0.385. The Balaban J connectivity index is 2.11. The van der Waals surface area contributed by atoms with Gasteiger partial charge in [-0.2, -0.15) is 4.98 Å². The van der Waals surface area contributed by atoms with Crippen molar-refractivity contribution in [2.24, 2.45) is 5.73 Å². The highest BCUT2D eigenvalue weighted by molar-refractivity contribution is 5.54. The summed E-state index contributed by atoms with van der Waals surface area (Å²) in [6, 6.07) is 2.62. The minimum atomic E-state index is -0.698. The zero-order chi connectivity index (χ0) is 14.5. The molecule has 1 aromatic carbocycles. The van der Waals surface area contributed by atoms with Gasteiger partial charge in [0.25, 0.3) is 0 Å². The summed E-state index contributed by atoms with van der Waals surface area (Å²) < 4.78 is 36.2. The largest absolute Gasteiger partial charge is 0.385 e. The van der Waals surface area contributed by atoms with E-state index in [2.05, 4.69) is 10.1 Å². The molecule has 0 saturated heterocycles. The van der Waals surface area contributed by atoms with Crippen molar-refractivity contribution in [3.05, 3.63) is 35.7 Å². The first-order chi connectivity index (χ1) is 9.60. The predicted octanol–water partition coefficient (Wildman–Crippen LogP) is 2.44. The van der Waals surface area contributed by atoms with Gasteiger partial charge in [0.2, 0.25) is 11.7 Å². The molecule has 2 rings (SSSR count). The maximum absolute atomic E-state index is 13.1. The fourth-order valence-corrected chi connectivity index (χ4v) is 1.76. The van der Waals surface area contributed by atoms with Crippen LogP contribution in [0.4, 0.5) is 8.78 Å². The summed E-state index contributed by atoms with van der Waals surface area (Å²) in [5.74, 6) is -1.05. The van der Waals surface area contributed by atoms with Crippen LogP contribution in [0.3, 0.4) is 0 Å². The lowest BCUT2D eigenvalue weighted by Gasteiger charge is -2.04. The highest BCUT2D eigenvalue weighted by atomic mass is 19.1. The molecule has 0 saturated carbocycles. The second kappa shape index (κ2) is 6.53. The fourth-order valence-electron chi connectivity index (χ4n) is 1.76. The number of nitrogens with two attached hydrogens (primary N) is 1. The van der Waals surface area contributed by atoms with Crippen molar-refractivity contribution < 1.29 is 18.0 Å². The highest BCUT2D eigenvalue weighted by Gasteiger charge is 2.16. The van der Waals surface area contributed by atoms with E-state index in [1.54, 1.807) is 7.11 Å². The lowest BCUT2D eigenvalue weighted by atomic mass is 10.1. The molecule has 20 heavy (non-hydrogen) atoms. The van der Waals surface area contributed by atoms with Crippen LogP contribution in [0.1, 0.15) is 24.8 Å². The number of hydrogen-bond donors (Lipinski definition) is 1. The first kappa shape index (κ1) is 14.5. The van der Waals surface area contributed by atoms with Crippen molar-refractivity contribution >= 4 is 0 Å². The van der Waals surface area contributed by atoms with Gasteiger partial charge in [-0.25, -0.2) is 8.78 Å². The van der Waals surface area contributed by atoms with Gasteiger partial charge in [-0.05, 0) is 25.0 Å². The topological polar surface area (TPSA) is 74.2 Å². The lowest BCUT2D eigenvalue weighted by molar-refractivity contribution is 0.188. The quantitative estimate of drug-likeness (QED) is 0.824. The van der Waals surface area contributed by atoms with Crippen LogP contribution in [-0.2, 0) is 4.74 Å². The second-order valence-electron chi connectivity index (χ2n) is 4.36. The standard InChI is InChI=1S/C13H15F2N3O2/c1-19-4-2-3-11(16)13-17-12(18-20-13)8-5-9(14)7-10(15)6-8/h5-7,11H,2-4,16H2,1H3. The van der Waals surface area contributed by atoms with Crippen LogP contribution in [-0.4, -0.2) is 23.9 Å². The van der Waals surface area contributed by atoms with Crippen LogP contribution >= 0.6 is 0 Å². The molecule has 2 aromatic rings. The maximum atomic E-state index is 13.1. The summed E-state index contributed by atoms with van der Waals surface area (Å²) in [5, 5.41) is 3.69. The average Bonchev–Trinajstić information content (AvgIpc) is 2.87. The Morgan fingerprint density at radius 3 is 2.65 bits per heavy atom. The zero-order valence-electron chi connectivity index (χ0n) is 11.0. The molecule has 1 heterocycles. The molecule has 0 aliphatic heterocycles. The normalized spacial score (nSPS) is 12.6. The van der Waals surface area contributed by atoms with Gasteiger partial charge in [0, 0.05) is 25.3 Å². The van der Waals surface area contributed by atoms with E-state index < -0.39 is 17.7 Å². The molecule has 1 atom stereocenters. The third-order valence-corrected chi connectivity index (χ3v) is 2.74. The second-order valence-corrected chi connectivity index (χ2v) is 4.36. The molecule has 0 spiro atoms. The molecule has 0 aliphatic rings. The van der Waals surface area contributed by atoms with Gasteiger partial charge < -0.3 is 15.0 Å². The van der Waals surface area contributed by atoms with Gasteiger partial charge in [-0.15, -0.1) is 0 Å². The molecule has 0 radical (unpaired) electrons. The van der Waals surface area contributed by atoms with Crippen molar-refractivity contribution in [1.29, 1.82) is 0 Å². The van der Waals surface area contributed by atoms with E-state index in [0.29, 0.717) is 13.0 Å². The maximum Gasteiger partial charge on any atom is 0.243 e. The Hall–Kier alpha value is -1.86. The summed E-state index contributed by atoms with van der Waals surface area (Å²) in [6.45, 7) is 0.587. The van der Waals surface area contributed by atoms with Crippen molar-refractivity contribution in [1.82, 2.24) is 10.1 Å². The number of halogens is 2. The molecule has 5 nitrogen and oxygen atoms in total.